The van der Waals surface area contributed by atoms with Gasteiger partial charge in [0.1, 0.15) is 5.75 Å². The highest BCUT2D eigenvalue weighted by atomic mass is 32.1. The van der Waals surface area contributed by atoms with E-state index in [9.17, 15) is 0 Å². The van der Waals surface area contributed by atoms with Crippen LogP contribution >= 0.6 is 12.2 Å². The normalized spacial score (nSPS) is 10.3. The Morgan fingerprint density at radius 3 is 1.80 bits per heavy atom. The number of nitrogens with one attached hydrogen (secondary N) is 2. The van der Waals surface area contributed by atoms with Crippen molar-refractivity contribution in [1.82, 2.24) is 5.32 Å². The summed E-state index contributed by atoms with van der Waals surface area (Å²) in [7, 11) is 1.65. The zero-order valence-corrected chi connectivity index (χ0v) is 14.8. The number of ether oxygens (including phenoxy) is 1. The molecule has 25 heavy (non-hydrogen) atoms. The molecule has 0 aliphatic rings. The Morgan fingerprint density at radius 2 is 1.32 bits per heavy atom. The molecule has 0 spiro atoms. The van der Waals surface area contributed by atoms with Gasteiger partial charge in [0.2, 0.25) is 0 Å². The van der Waals surface area contributed by atoms with Crippen LogP contribution in [0.15, 0.2) is 84.9 Å². The van der Waals surface area contributed by atoms with E-state index >= 15 is 0 Å². The molecule has 3 aromatic carbocycles. The van der Waals surface area contributed by atoms with Crippen molar-refractivity contribution in [2.24, 2.45) is 0 Å². The van der Waals surface area contributed by atoms with Crippen LogP contribution in [-0.4, -0.2) is 12.2 Å². The third kappa shape index (κ3) is 4.58. The molecule has 0 saturated heterocycles. The number of benzene rings is 3. The summed E-state index contributed by atoms with van der Waals surface area (Å²) in [6.45, 7) is 0. The molecule has 0 aliphatic carbocycles. The number of rotatable bonds is 5. The molecule has 0 saturated carbocycles. The highest BCUT2D eigenvalue weighted by molar-refractivity contribution is 7.80. The fourth-order valence-electron chi connectivity index (χ4n) is 2.62. The van der Waals surface area contributed by atoms with Gasteiger partial charge in [0.25, 0.3) is 0 Å². The van der Waals surface area contributed by atoms with Crippen molar-refractivity contribution in [2.75, 3.05) is 12.4 Å². The smallest absolute Gasteiger partial charge is 0.171 e. The molecule has 0 aliphatic heterocycles. The summed E-state index contributed by atoms with van der Waals surface area (Å²) in [6.07, 6.45) is 0. The summed E-state index contributed by atoms with van der Waals surface area (Å²) in [5.41, 5.74) is 3.23. The van der Waals surface area contributed by atoms with E-state index in [1.54, 1.807) is 7.11 Å². The lowest BCUT2D eigenvalue weighted by Gasteiger charge is -2.22. The van der Waals surface area contributed by atoms with Crippen LogP contribution in [0, 0.1) is 0 Å². The van der Waals surface area contributed by atoms with Crippen LogP contribution in [0.3, 0.4) is 0 Å². The largest absolute Gasteiger partial charge is 0.497 e. The molecule has 0 unspecified atom stereocenters. The molecule has 2 N–H and O–H groups in total. The van der Waals surface area contributed by atoms with Crippen molar-refractivity contribution in [2.45, 2.75) is 6.04 Å². The Labute approximate surface area is 153 Å². The van der Waals surface area contributed by atoms with Crippen molar-refractivity contribution >= 4 is 23.0 Å². The van der Waals surface area contributed by atoms with Crippen LogP contribution in [0.5, 0.6) is 5.75 Å². The number of thiocarbonyl (C=S) groups is 1. The minimum Gasteiger partial charge on any atom is -0.497 e. The van der Waals surface area contributed by atoms with Crippen LogP contribution in [0.4, 0.5) is 5.69 Å². The number of methoxy groups -OCH3 is 1. The van der Waals surface area contributed by atoms with Crippen LogP contribution in [0.2, 0.25) is 0 Å². The SMILES string of the molecule is COc1ccc(NC(=S)NC(c2ccccc2)c2ccccc2)cc1. The van der Waals surface area contributed by atoms with E-state index in [0.717, 1.165) is 22.6 Å². The Bertz CT molecular complexity index is 765. The number of hydrogen-bond acceptors (Lipinski definition) is 2. The molecular weight excluding hydrogens is 328 g/mol. The van der Waals surface area contributed by atoms with E-state index in [1.807, 2.05) is 60.7 Å². The number of anilines is 1. The van der Waals surface area contributed by atoms with Crippen LogP contribution in [0.25, 0.3) is 0 Å². The molecule has 3 aromatic rings. The average molecular weight is 348 g/mol. The molecule has 0 bridgehead atoms. The Kier molecular flexibility index (Phi) is 5.65. The van der Waals surface area contributed by atoms with Crippen molar-refractivity contribution in [3.05, 3.63) is 96.1 Å². The first kappa shape index (κ1) is 17.0. The molecule has 3 nitrogen and oxygen atoms in total. The molecule has 0 heterocycles. The van der Waals surface area contributed by atoms with Crippen molar-refractivity contribution in [1.29, 1.82) is 0 Å². The maximum Gasteiger partial charge on any atom is 0.171 e. The summed E-state index contributed by atoms with van der Waals surface area (Å²) < 4.78 is 5.18. The van der Waals surface area contributed by atoms with Crippen molar-refractivity contribution < 1.29 is 4.74 Å². The maximum absolute atomic E-state index is 5.52. The lowest BCUT2D eigenvalue weighted by molar-refractivity contribution is 0.415. The first-order valence-electron chi connectivity index (χ1n) is 8.08. The third-order valence-corrected chi connectivity index (χ3v) is 4.11. The summed E-state index contributed by atoms with van der Waals surface area (Å²) in [5, 5.41) is 7.22. The standard InChI is InChI=1S/C21H20N2OS/c1-24-19-14-12-18(13-15-19)22-21(25)23-20(16-8-4-2-5-9-16)17-10-6-3-7-11-17/h2-15,20H,1H3,(H2,22,23,25). The minimum atomic E-state index is -0.0133. The van der Waals surface area contributed by atoms with Crippen LogP contribution in [-0.2, 0) is 0 Å². The van der Waals surface area contributed by atoms with E-state index in [2.05, 4.69) is 34.9 Å². The minimum absolute atomic E-state index is 0.0133. The molecule has 0 radical (unpaired) electrons. The second kappa shape index (κ2) is 8.31. The van der Waals surface area contributed by atoms with Gasteiger partial charge in [0.05, 0.1) is 13.2 Å². The van der Waals surface area contributed by atoms with Crippen LogP contribution < -0.4 is 15.4 Å². The Balaban J connectivity index is 1.76. The van der Waals surface area contributed by atoms with Crippen LogP contribution in [0.1, 0.15) is 17.2 Å². The zero-order chi connectivity index (χ0) is 17.5. The molecule has 4 heteroatoms. The van der Waals surface area contributed by atoms with Crippen molar-refractivity contribution in [3.8, 4) is 5.75 Å². The lowest BCUT2D eigenvalue weighted by Crippen LogP contribution is -2.32. The maximum atomic E-state index is 5.52. The Hall–Kier alpha value is -2.85. The summed E-state index contributed by atoms with van der Waals surface area (Å²) >= 11 is 5.52. The molecule has 0 aromatic heterocycles. The van der Waals surface area contributed by atoms with Gasteiger partial charge in [0, 0.05) is 5.69 Å². The topological polar surface area (TPSA) is 33.3 Å². The average Bonchev–Trinajstić information content (AvgIpc) is 2.68. The number of hydrogen-bond donors (Lipinski definition) is 2. The van der Waals surface area contributed by atoms with E-state index in [4.69, 9.17) is 17.0 Å². The predicted octanol–water partition coefficient (Wildman–Crippen LogP) is 4.77. The summed E-state index contributed by atoms with van der Waals surface area (Å²) in [4.78, 5) is 0. The lowest BCUT2D eigenvalue weighted by atomic mass is 9.99. The zero-order valence-electron chi connectivity index (χ0n) is 14.0. The molecular formula is C21H20N2OS. The third-order valence-electron chi connectivity index (χ3n) is 3.89. The highest BCUT2D eigenvalue weighted by Gasteiger charge is 2.14. The summed E-state index contributed by atoms with van der Waals surface area (Å²) in [6, 6.07) is 28.2. The van der Waals surface area contributed by atoms with Gasteiger partial charge in [-0.1, -0.05) is 60.7 Å². The Morgan fingerprint density at radius 1 is 0.800 bits per heavy atom. The highest BCUT2D eigenvalue weighted by Crippen LogP contribution is 2.22. The molecule has 3 rings (SSSR count). The van der Waals surface area contributed by atoms with Crippen molar-refractivity contribution in [3.63, 3.8) is 0 Å². The van der Waals surface area contributed by atoms with E-state index in [-0.39, 0.29) is 6.04 Å². The summed E-state index contributed by atoms with van der Waals surface area (Å²) in [5.74, 6) is 0.816. The van der Waals surface area contributed by atoms with Gasteiger partial charge >= 0.3 is 0 Å². The molecule has 126 valence electrons. The predicted molar refractivity (Wildman–Crippen MR) is 107 cm³/mol. The quantitative estimate of drug-likeness (QED) is 0.651. The fourth-order valence-corrected chi connectivity index (χ4v) is 2.86. The molecule has 0 atom stereocenters. The molecule has 0 fully saturated rings. The first-order chi connectivity index (χ1) is 12.3. The van der Waals surface area contributed by atoms with Gasteiger partial charge in [-0.3, -0.25) is 0 Å². The van der Waals surface area contributed by atoms with Gasteiger partial charge in [-0.25, -0.2) is 0 Å². The van der Waals surface area contributed by atoms with E-state index in [1.165, 1.54) is 0 Å². The second-order valence-electron chi connectivity index (χ2n) is 5.58. The van der Waals surface area contributed by atoms with E-state index < -0.39 is 0 Å². The second-order valence-corrected chi connectivity index (χ2v) is 5.99. The monoisotopic (exact) mass is 348 g/mol. The van der Waals surface area contributed by atoms with Gasteiger partial charge in [0.15, 0.2) is 5.11 Å². The fraction of sp³-hybridized carbons (Fsp3) is 0.0952. The van der Waals surface area contributed by atoms with Gasteiger partial charge < -0.3 is 15.4 Å². The van der Waals surface area contributed by atoms with E-state index in [0.29, 0.717) is 5.11 Å². The van der Waals surface area contributed by atoms with Gasteiger partial charge in [-0.05, 0) is 47.6 Å². The van der Waals surface area contributed by atoms with Gasteiger partial charge in [-0.2, -0.15) is 0 Å². The van der Waals surface area contributed by atoms with Gasteiger partial charge in [-0.15, -0.1) is 0 Å². The first-order valence-corrected chi connectivity index (χ1v) is 8.48. The molecule has 0 amide bonds.